The molecule has 2 heteroatoms. The fourth-order valence-electron chi connectivity index (χ4n) is 4.55. The molecular formula is C17H24N2. The monoisotopic (exact) mass is 256 g/mol. The second kappa shape index (κ2) is 4.52. The Morgan fingerprint density at radius 1 is 1.05 bits per heavy atom. The molecule has 102 valence electrons. The summed E-state index contributed by atoms with van der Waals surface area (Å²) in [5.74, 6) is 0. The van der Waals surface area contributed by atoms with Gasteiger partial charge in [0.15, 0.2) is 0 Å². The first kappa shape index (κ1) is 11.8. The lowest BCUT2D eigenvalue weighted by molar-refractivity contribution is 0.374. The Bertz CT molecular complexity index is 468. The molecule has 1 aromatic carbocycles. The van der Waals surface area contributed by atoms with Crippen molar-refractivity contribution in [1.29, 1.82) is 0 Å². The number of aryl methyl sites for hydroxylation is 2. The molecule has 2 nitrogen and oxygen atoms in total. The normalized spacial score (nSPS) is 32.7. The SMILES string of the molecule is CNC1CC2CCC(C1)N2c1ccc2c(c1)CCC2. The van der Waals surface area contributed by atoms with E-state index in [0.29, 0.717) is 0 Å². The van der Waals surface area contributed by atoms with Gasteiger partial charge < -0.3 is 10.2 Å². The first-order valence-corrected chi connectivity index (χ1v) is 7.92. The fourth-order valence-corrected chi connectivity index (χ4v) is 4.55. The molecule has 0 saturated carbocycles. The smallest absolute Gasteiger partial charge is 0.0374 e. The summed E-state index contributed by atoms with van der Waals surface area (Å²) in [6.07, 6.45) is 9.37. The fraction of sp³-hybridized carbons (Fsp3) is 0.647. The van der Waals surface area contributed by atoms with Crippen molar-refractivity contribution < 1.29 is 0 Å². The molecule has 2 saturated heterocycles. The van der Waals surface area contributed by atoms with Gasteiger partial charge in [-0.1, -0.05) is 6.07 Å². The zero-order chi connectivity index (χ0) is 12.8. The number of hydrogen-bond donors (Lipinski definition) is 1. The number of piperidine rings is 1. The maximum atomic E-state index is 3.49. The van der Waals surface area contributed by atoms with E-state index in [-0.39, 0.29) is 0 Å². The van der Waals surface area contributed by atoms with Gasteiger partial charge in [-0.05, 0) is 75.3 Å². The van der Waals surface area contributed by atoms with E-state index in [4.69, 9.17) is 0 Å². The molecule has 3 aliphatic rings. The van der Waals surface area contributed by atoms with E-state index >= 15 is 0 Å². The van der Waals surface area contributed by atoms with Crippen LogP contribution in [-0.4, -0.2) is 25.2 Å². The Hall–Kier alpha value is -1.02. The van der Waals surface area contributed by atoms with E-state index in [1.165, 1.54) is 50.6 Å². The van der Waals surface area contributed by atoms with Crippen molar-refractivity contribution in [3.8, 4) is 0 Å². The minimum atomic E-state index is 0.739. The van der Waals surface area contributed by atoms with Crippen molar-refractivity contribution in [2.45, 2.75) is 63.1 Å². The topological polar surface area (TPSA) is 15.3 Å². The van der Waals surface area contributed by atoms with Crippen LogP contribution in [0.4, 0.5) is 5.69 Å². The number of nitrogens with one attached hydrogen (secondary N) is 1. The molecule has 1 N–H and O–H groups in total. The largest absolute Gasteiger partial charge is 0.365 e. The molecule has 4 rings (SSSR count). The van der Waals surface area contributed by atoms with E-state index in [2.05, 4.69) is 35.5 Å². The first-order chi connectivity index (χ1) is 9.35. The van der Waals surface area contributed by atoms with Crippen molar-refractivity contribution in [3.63, 3.8) is 0 Å². The quantitative estimate of drug-likeness (QED) is 0.875. The summed E-state index contributed by atoms with van der Waals surface area (Å²) in [6, 6.07) is 9.55. The summed E-state index contributed by atoms with van der Waals surface area (Å²) in [4.78, 5) is 2.74. The van der Waals surface area contributed by atoms with Gasteiger partial charge in [0.2, 0.25) is 0 Å². The Labute approximate surface area is 116 Å². The lowest BCUT2D eigenvalue weighted by Crippen LogP contribution is -2.48. The summed E-state index contributed by atoms with van der Waals surface area (Å²) in [7, 11) is 2.12. The zero-order valence-electron chi connectivity index (χ0n) is 11.9. The molecule has 2 bridgehead atoms. The average molecular weight is 256 g/mol. The van der Waals surface area contributed by atoms with Gasteiger partial charge in [0, 0.05) is 23.8 Å². The van der Waals surface area contributed by atoms with E-state index in [1.807, 2.05) is 0 Å². The predicted octanol–water partition coefficient (Wildman–Crippen LogP) is 2.89. The van der Waals surface area contributed by atoms with Gasteiger partial charge in [-0.2, -0.15) is 0 Å². The van der Waals surface area contributed by atoms with Crippen LogP contribution in [0.5, 0.6) is 0 Å². The van der Waals surface area contributed by atoms with E-state index in [1.54, 1.807) is 11.1 Å². The van der Waals surface area contributed by atoms with E-state index in [0.717, 1.165) is 18.1 Å². The molecule has 0 spiro atoms. The molecular weight excluding hydrogens is 232 g/mol. The van der Waals surface area contributed by atoms with Crippen molar-refractivity contribution >= 4 is 5.69 Å². The third-order valence-electron chi connectivity index (χ3n) is 5.52. The van der Waals surface area contributed by atoms with Crippen LogP contribution < -0.4 is 10.2 Å². The second-order valence-corrected chi connectivity index (χ2v) is 6.56. The predicted molar refractivity (Wildman–Crippen MR) is 79.8 cm³/mol. The third kappa shape index (κ3) is 1.88. The number of benzene rings is 1. The van der Waals surface area contributed by atoms with Crippen LogP contribution in [0, 0.1) is 0 Å². The van der Waals surface area contributed by atoms with Crippen LogP contribution in [-0.2, 0) is 12.8 Å². The van der Waals surface area contributed by atoms with E-state index < -0.39 is 0 Å². The molecule has 2 fully saturated rings. The first-order valence-electron chi connectivity index (χ1n) is 7.92. The number of hydrogen-bond acceptors (Lipinski definition) is 2. The molecule has 2 atom stereocenters. The van der Waals surface area contributed by atoms with Gasteiger partial charge in [-0.3, -0.25) is 0 Å². The number of nitrogens with zero attached hydrogens (tertiary/aromatic N) is 1. The summed E-state index contributed by atoms with van der Waals surface area (Å²) in [5.41, 5.74) is 4.72. The zero-order valence-corrected chi connectivity index (χ0v) is 11.9. The van der Waals surface area contributed by atoms with Gasteiger partial charge in [0.1, 0.15) is 0 Å². The van der Waals surface area contributed by atoms with Crippen molar-refractivity contribution in [1.82, 2.24) is 5.32 Å². The summed E-state index contributed by atoms with van der Waals surface area (Å²) in [6.45, 7) is 0. The molecule has 1 aliphatic carbocycles. The van der Waals surface area contributed by atoms with Gasteiger partial charge in [0.25, 0.3) is 0 Å². The van der Waals surface area contributed by atoms with Crippen LogP contribution in [0.3, 0.4) is 0 Å². The average Bonchev–Trinajstić information content (AvgIpc) is 3.00. The van der Waals surface area contributed by atoms with Crippen LogP contribution in [0.15, 0.2) is 18.2 Å². The maximum Gasteiger partial charge on any atom is 0.0374 e. The highest BCUT2D eigenvalue weighted by atomic mass is 15.2. The Kier molecular flexibility index (Phi) is 2.80. The van der Waals surface area contributed by atoms with E-state index in [9.17, 15) is 0 Å². The Balaban J connectivity index is 1.63. The molecule has 1 aromatic rings. The highest BCUT2D eigenvalue weighted by Crippen LogP contribution is 2.40. The number of fused-ring (bicyclic) bond motifs is 3. The molecule has 2 unspecified atom stereocenters. The Morgan fingerprint density at radius 3 is 2.53 bits per heavy atom. The Morgan fingerprint density at radius 2 is 1.79 bits per heavy atom. The summed E-state index contributed by atoms with van der Waals surface area (Å²) in [5, 5.41) is 3.49. The highest BCUT2D eigenvalue weighted by Gasteiger charge is 2.40. The third-order valence-corrected chi connectivity index (χ3v) is 5.52. The number of anilines is 1. The van der Waals surface area contributed by atoms with Crippen LogP contribution in [0.1, 0.15) is 43.2 Å². The van der Waals surface area contributed by atoms with Crippen LogP contribution in [0.2, 0.25) is 0 Å². The molecule has 0 radical (unpaired) electrons. The molecule has 19 heavy (non-hydrogen) atoms. The molecule has 2 heterocycles. The summed E-state index contributed by atoms with van der Waals surface area (Å²) >= 11 is 0. The lowest BCUT2D eigenvalue weighted by Gasteiger charge is -2.40. The van der Waals surface area contributed by atoms with Crippen molar-refractivity contribution in [2.24, 2.45) is 0 Å². The van der Waals surface area contributed by atoms with Gasteiger partial charge in [0.05, 0.1) is 0 Å². The minimum absolute atomic E-state index is 0.739. The second-order valence-electron chi connectivity index (χ2n) is 6.56. The minimum Gasteiger partial charge on any atom is -0.365 e. The van der Waals surface area contributed by atoms with Crippen molar-refractivity contribution in [2.75, 3.05) is 11.9 Å². The van der Waals surface area contributed by atoms with Gasteiger partial charge in [-0.25, -0.2) is 0 Å². The highest BCUT2D eigenvalue weighted by molar-refractivity contribution is 5.55. The van der Waals surface area contributed by atoms with Gasteiger partial charge in [-0.15, -0.1) is 0 Å². The van der Waals surface area contributed by atoms with Crippen LogP contribution >= 0.6 is 0 Å². The molecule has 2 aliphatic heterocycles. The lowest BCUT2D eigenvalue weighted by atomic mass is 9.96. The molecule has 0 amide bonds. The van der Waals surface area contributed by atoms with Crippen LogP contribution in [0.25, 0.3) is 0 Å². The number of rotatable bonds is 2. The standard InChI is InChI=1S/C17H24N2/c1-18-14-10-16-7-8-17(11-14)19(16)15-6-5-12-3-2-4-13(12)9-15/h5-6,9,14,16-18H,2-4,7-8,10-11H2,1H3. The maximum absolute atomic E-state index is 3.49. The van der Waals surface area contributed by atoms with Crippen molar-refractivity contribution in [3.05, 3.63) is 29.3 Å². The van der Waals surface area contributed by atoms with Gasteiger partial charge >= 0.3 is 0 Å². The molecule has 0 aromatic heterocycles. The summed E-state index contributed by atoms with van der Waals surface area (Å²) < 4.78 is 0.